The number of rotatable bonds is 5. The summed E-state index contributed by atoms with van der Waals surface area (Å²) >= 11 is 0. The molecule has 178 valence electrons. The molecular weight excluding hydrogens is 404 g/mol. The van der Waals surface area contributed by atoms with Crippen LogP contribution in [0, 0.1) is 34.5 Å². The Kier molecular flexibility index (Phi) is 6.09. The monoisotopic (exact) mass is 444 g/mol. The highest BCUT2D eigenvalue weighted by Gasteiger charge is 2.65. The second kappa shape index (κ2) is 8.29. The van der Waals surface area contributed by atoms with Crippen molar-refractivity contribution in [1.82, 2.24) is 0 Å². The molecule has 0 unspecified atom stereocenters. The summed E-state index contributed by atoms with van der Waals surface area (Å²) in [6.07, 6.45) is 11.2. The van der Waals surface area contributed by atoms with Gasteiger partial charge in [0.15, 0.2) is 5.78 Å². The molecule has 0 aromatic carbocycles. The molecule has 0 amide bonds. The summed E-state index contributed by atoms with van der Waals surface area (Å²) in [5, 5.41) is 0. The van der Waals surface area contributed by atoms with Crippen molar-refractivity contribution in [2.75, 3.05) is 7.11 Å². The van der Waals surface area contributed by atoms with Crippen LogP contribution in [0.4, 0.5) is 0 Å². The minimum atomic E-state index is -0.459. The smallest absolute Gasteiger partial charge is 0.305 e. The third-order valence-corrected chi connectivity index (χ3v) is 10.1. The van der Waals surface area contributed by atoms with Crippen LogP contribution in [0.3, 0.4) is 0 Å². The lowest BCUT2D eigenvalue weighted by atomic mass is 9.46. The SMILES string of the molecule is COC(=O)CC[C@@H](C)[C@H]1CC[C@H]2[C@@H]3CC[C@@]4(OC(C)=O)CCCC[C@]4(C)C3=CC(=O)[C@]12C. The van der Waals surface area contributed by atoms with Gasteiger partial charge in [0.05, 0.1) is 7.11 Å². The molecule has 4 aliphatic carbocycles. The Hall–Kier alpha value is -1.65. The molecule has 5 nitrogen and oxygen atoms in total. The molecule has 0 heterocycles. The number of ketones is 1. The standard InChI is InChI=1S/C27H40O5/c1-17(8-11-24(30)31-5)20-9-10-21-19-12-15-27(32-18(2)28)14-7-6-13-25(27,3)22(19)16-23(29)26(20,21)4/h16-17,19-21H,6-15H2,1-5H3/t17-,19+,20-,21+,25-,26-,27+/m1/s1. The fourth-order valence-corrected chi connectivity index (χ4v) is 8.37. The van der Waals surface area contributed by atoms with Crippen molar-refractivity contribution in [3.05, 3.63) is 11.6 Å². The number of fused-ring (bicyclic) bond motifs is 5. The lowest BCUT2D eigenvalue weighted by Gasteiger charge is -2.60. The second-order valence-corrected chi connectivity index (χ2v) is 11.4. The van der Waals surface area contributed by atoms with Gasteiger partial charge in [0.1, 0.15) is 5.60 Å². The molecule has 0 saturated heterocycles. The Morgan fingerprint density at radius 3 is 2.53 bits per heavy atom. The number of carbonyl (C=O) groups is 3. The quantitative estimate of drug-likeness (QED) is 0.530. The zero-order valence-electron chi connectivity index (χ0n) is 20.5. The molecule has 7 atom stereocenters. The van der Waals surface area contributed by atoms with Crippen LogP contribution in [-0.2, 0) is 23.9 Å². The third-order valence-electron chi connectivity index (χ3n) is 10.1. The van der Waals surface area contributed by atoms with Crippen molar-refractivity contribution in [3.8, 4) is 0 Å². The van der Waals surface area contributed by atoms with E-state index in [1.165, 1.54) is 19.6 Å². The van der Waals surface area contributed by atoms with Gasteiger partial charge in [-0.2, -0.15) is 0 Å². The number of esters is 2. The molecule has 0 radical (unpaired) electrons. The van der Waals surface area contributed by atoms with Crippen LogP contribution in [-0.4, -0.2) is 30.4 Å². The molecule has 4 aliphatic rings. The summed E-state index contributed by atoms with van der Waals surface area (Å²) in [6.45, 7) is 8.17. The van der Waals surface area contributed by atoms with Crippen molar-refractivity contribution in [1.29, 1.82) is 0 Å². The number of ether oxygens (including phenoxy) is 2. The highest BCUT2D eigenvalue weighted by Crippen LogP contribution is 2.67. The number of methoxy groups -OCH3 is 1. The van der Waals surface area contributed by atoms with Crippen LogP contribution >= 0.6 is 0 Å². The van der Waals surface area contributed by atoms with Crippen LogP contribution in [0.25, 0.3) is 0 Å². The van der Waals surface area contributed by atoms with Crippen molar-refractivity contribution >= 4 is 17.7 Å². The topological polar surface area (TPSA) is 69.7 Å². The van der Waals surface area contributed by atoms with Crippen molar-refractivity contribution in [2.45, 2.75) is 97.5 Å². The molecule has 0 spiro atoms. The van der Waals surface area contributed by atoms with Gasteiger partial charge < -0.3 is 9.47 Å². The van der Waals surface area contributed by atoms with Crippen LogP contribution in [0.2, 0.25) is 0 Å². The molecule has 0 N–H and O–H groups in total. The molecule has 32 heavy (non-hydrogen) atoms. The van der Waals surface area contributed by atoms with Gasteiger partial charge in [-0.1, -0.05) is 32.8 Å². The van der Waals surface area contributed by atoms with E-state index in [9.17, 15) is 14.4 Å². The maximum absolute atomic E-state index is 13.8. The number of hydrogen-bond donors (Lipinski definition) is 0. The zero-order valence-corrected chi connectivity index (χ0v) is 20.5. The van der Waals surface area contributed by atoms with E-state index in [0.717, 1.165) is 57.8 Å². The zero-order chi connectivity index (χ0) is 23.3. The first-order valence-corrected chi connectivity index (χ1v) is 12.6. The first kappa shape index (κ1) is 23.5. The molecule has 4 rings (SSSR count). The molecule has 0 bridgehead atoms. The van der Waals surface area contributed by atoms with Crippen molar-refractivity contribution in [3.63, 3.8) is 0 Å². The molecule has 0 aliphatic heterocycles. The highest BCUT2D eigenvalue weighted by molar-refractivity contribution is 5.97. The normalized spacial score (nSPS) is 41.6. The van der Waals surface area contributed by atoms with Gasteiger partial charge in [-0.25, -0.2) is 0 Å². The van der Waals surface area contributed by atoms with Gasteiger partial charge in [-0.15, -0.1) is 0 Å². The predicted octanol–water partition coefficient (Wildman–Crippen LogP) is 5.41. The van der Waals surface area contributed by atoms with E-state index in [2.05, 4.69) is 20.8 Å². The van der Waals surface area contributed by atoms with E-state index < -0.39 is 5.60 Å². The summed E-state index contributed by atoms with van der Waals surface area (Å²) in [6, 6.07) is 0. The summed E-state index contributed by atoms with van der Waals surface area (Å²) < 4.78 is 10.9. The molecule has 3 saturated carbocycles. The van der Waals surface area contributed by atoms with E-state index in [-0.39, 0.29) is 28.6 Å². The highest BCUT2D eigenvalue weighted by atomic mass is 16.6. The predicted molar refractivity (Wildman–Crippen MR) is 122 cm³/mol. The third kappa shape index (κ3) is 3.37. The number of carbonyl (C=O) groups excluding carboxylic acids is 3. The minimum absolute atomic E-state index is 0.173. The Labute approximate surface area is 192 Å². The average molecular weight is 445 g/mol. The molecule has 0 aromatic heterocycles. The summed E-state index contributed by atoms with van der Waals surface area (Å²) in [5.41, 5.74) is 0.195. The first-order chi connectivity index (χ1) is 15.1. The fourth-order valence-electron chi connectivity index (χ4n) is 8.37. The van der Waals surface area contributed by atoms with Gasteiger partial charge >= 0.3 is 11.9 Å². The fraction of sp³-hybridized carbons (Fsp3) is 0.815. The minimum Gasteiger partial charge on any atom is -0.469 e. The number of hydrogen-bond acceptors (Lipinski definition) is 5. The maximum atomic E-state index is 13.8. The van der Waals surface area contributed by atoms with Gasteiger partial charge in [0.25, 0.3) is 0 Å². The van der Waals surface area contributed by atoms with Gasteiger partial charge in [0.2, 0.25) is 0 Å². The Morgan fingerprint density at radius 1 is 1.12 bits per heavy atom. The summed E-state index contributed by atoms with van der Waals surface area (Å²) in [4.78, 5) is 37.6. The van der Waals surface area contributed by atoms with Crippen molar-refractivity contribution < 1.29 is 23.9 Å². The molecule has 3 fully saturated rings. The summed E-state index contributed by atoms with van der Waals surface area (Å²) in [5.74, 6) is 1.21. The van der Waals surface area contributed by atoms with Crippen LogP contribution in [0.5, 0.6) is 0 Å². The molecule has 0 aromatic rings. The van der Waals surface area contributed by atoms with Crippen LogP contribution < -0.4 is 0 Å². The van der Waals surface area contributed by atoms with E-state index in [1.54, 1.807) is 0 Å². The molecular formula is C27H40O5. The molecule has 5 heteroatoms. The van der Waals surface area contributed by atoms with Gasteiger partial charge in [-0.05, 0) is 81.1 Å². The lowest BCUT2D eigenvalue weighted by Crippen LogP contribution is -2.60. The van der Waals surface area contributed by atoms with E-state index >= 15 is 0 Å². The Morgan fingerprint density at radius 2 is 1.84 bits per heavy atom. The van der Waals surface area contributed by atoms with Crippen LogP contribution in [0.15, 0.2) is 11.6 Å². The van der Waals surface area contributed by atoms with E-state index in [0.29, 0.717) is 30.1 Å². The largest absolute Gasteiger partial charge is 0.469 e. The average Bonchev–Trinajstić information content (AvgIpc) is 3.11. The second-order valence-electron chi connectivity index (χ2n) is 11.4. The van der Waals surface area contributed by atoms with Crippen LogP contribution in [0.1, 0.15) is 91.9 Å². The number of allylic oxidation sites excluding steroid dienone is 1. The maximum Gasteiger partial charge on any atom is 0.305 e. The van der Waals surface area contributed by atoms with E-state index in [1.807, 2.05) is 6.08 Å². The van der Waals surface area contributed by atoms with E-state index in [4.69, 9.17) is 9.47 Å². The van der Waals surface area contributed by atoms with Gasteiger partial charge in [0, 0.05) is 24.2 Å². The Balaban J connectivity index is 1.66. The van der Waals surface area contributed by atoms with Crippen molar-refractivity contribution in [2.24, 2.45) is 34.5 Å². The lowest BCUT2D eigenvalue weighted by molar-refractivity contribution is -0.187. The summed E-state index contributed by atoms with van der Waals surface area (Å²) in [7, 11) is 1.43. The van der Waals surface area contributed by atoms with Gasteiger partial charge in [-0.3, -0.25) is 14.4 Å². The first-order valence-electron chi connectivity index (χ1n) is 12.6. The Bertz CT molecular complexity index is 830.